The van der Waals surface area contributed by atoms with Crippen LogP contribution in [0.2, 0.25) is 0 Å². The largest absolute Gasteiger partial charge is 0.346 e. The number of H-pyrrole nitrogens is 1. The second-order valence-electron chi connectivity index (χ2n) is 7.36. The molecule has 1 aliphatic rings. The number of aromatic amines is 1. The summed E-state index contributed by atoms with van der Waals surface area (Å²) in [6, 6.07) is 4.66. The van der Waals surface area contributed by atoms with Crippen LogP contribution in [-0.2, 0) is 0 Å². The third-order valence-corrected chi connectivity index (χ3v) is 5.04. The summed E-state index contributed by atoms with van der Waals surface area (Å²) in [5, 5.41) is 9.25. The third-order valence-electron chi connectivity index (χ3n) is 5.04. The van der Waals surface area contributed by atoms with E-state index in [2.05, 4.69) is 46.8 Å². The third kappa shape index (κ3) is 3.13. The highest BCUT2D eigenvalue weighted by atomic mass is 15.3. The van der Waals surface area contributed by atoms with Crippen LogP contribution in [0.5, 0.6) is 0 Å². The van der Waals surface area contributed by atoms with Gasteiger partial charge in [-0.25, -0.2) is 9.97 Å². The predicted molar refractivity (Wildman–Crippen MR) is 100 cm³/mol. The molecule has 25 heavy (non-hydrogen) atoms. The number of anilines is 2. The van der Waals surface area contributed by atoms with Crippen molar-refractivity contribution in [3.63, 3.8) is 0 Å². The highest BCUT2D eigenvalue weighted by Crippen LogP contribution is 2.31. The molecule has 0 aliphatic heterocycles. The fourth-order valence-corrected chi connectivity index (χ4v) is 3.68. The lowest BCUT2D eigenvalue weighted by Gasteiger charge is -2.23. The average molecular weight is 338 g/mol. The van der Waals surface area contributed by atoms with Crippen LogP contribution in [0.25, 0.3) is 11.0 Å². The molecule has 0 aromatic carbocycles. The molecule has 1 saturated carbocycles. The molecule has 0 saturated heterocycles. The van der Waals surface area contributed by atoms with E-state index in [1.165, 1.54) is 37.8 Å². The summed E-state index contributed by atoms with van der Waals surface area (Å²) in [5.41, 5.74) is 2.07. The summed E-state index contributed by atoms with van der Waals surface area (Å²) in [4.78, 5) is 12.5. The molecule has 3 aromatic heterocycles. The first kappa shape index (κ1) is 16.1. The van der Waals surface area contributed by atoms with Gasteiger partial charge in [0.05, 0.1) is 11.4 Å². The molecule has 6 heteroatoms. The molecule has 1 fully saturated rings. The minimum atomic E-state index is 0.273. The first-order valence-corrected chi connectivity index (χ1v) is 9.30. The maximum atomic E-state index is 4.83. The van der Waals surface area contributed by atoms with Crippen LogP contribution in [0.3, 0.4) is 0 Å². The summed E-state index contributed by atoms with van der Waals surface area (Å²) in [7, 11) is 0. The standard InChI is InChI=1S/C19H26N6/c1-12(2)17-22-18-15(9-10-20-18)19(23-17)21-16-11-13(3)25(24-16)14-7-5-4-6-8-14/h9-12,14H,4-8H2,1-3H3,(H2,20,21,22,23,24). The van der Waals surface area contributed by atoms with Crippen LogP contribution in [0.4, 0.5) is 11.6 Å². The molecule has 0 spiro atoms. The van der Waals surface area contributed by atoms with Crippen molar-refractivity contribution in [2.45, 2.75) is 64.8 Å². The van der Waals surface area contributed by atoms with Crippen LogP contribution < -0.4 is 5.32 Å². The smallest absolute Gasteiger partial charge is 0.153 e. The van der Waals surface area contributed by atoms with Gasteiger partial charge >= 0.3 is 0 Å². The van der Waals surface area contributed by atoms with E-state index in [4.69, 9.17) is 10.1 Å². The van der Waals surface area contributed by atoms with Crippen LogP contribution in [0, 0.1) is 6.92 Å². The van der Waals surface area contributed by atoms with Crippen molar-refractivity contribution in [3.05, 3.63) is 29.8 Å². The van der Waals surface area contributed by atoms with Crippen LogP contribution >= 0.6 is 0 Å². The SMILES string of the molecule is Cc1cc(Nc2nc(C(C)C)nc3[nH]ccc23)nn1C1CCCCC1. The number of nitrogens with one attached hydrogen (secondary N) is 2. The van der Waals surface area contributed by atoms with E-state index >= 15 is 0 Å². The molecule has 3 aromatic rings. The zero-order valence-corrected chi connectivity index (χ0v) is 15.2. The highest BCUT2D eigenvalue weighted by Gasteiger charge is 2.19. The van der Waals surface area contributed by atoms with E-state index in [1.807, 2.05) is 12.3 Å². The maximum absolute atomic E-state index is 4.83. The van der Waals surface area contributed by atoms with Crippen LogP contribution in [0.1, 0.15) is 69.4 Å². The van der Waals surface area contributed by atoms with E-state index in [0.717, 1.165) is 28.5 Å². The number of aromatic nitrogens is 5. The predicted octanol–water partition coefficient (Wildman–Crippen LogP) is 4.84. The van der Waals surface area contributed by atoms with E-state index in [0.29, 0.717) is 6.04 Å². The lowest BCUT2D eigenvalue weighted by atomic mass is 9.95. The molecule has 0 atom stereocenters. The zero-order chi connectivity index (χ0) is 17.4. The monoisotopic (exact) mass is 338 g/mol. The van der Waals surface area contributed by atoms with Gasteiger partial charge in [-0.1, -0.05) is 33.1 Å². The molecule has 3 heterocycles. The number of fused-ring (bicyclic) bond motifs is 1. The van der Waals surface area contributed by atoms with E-state index in [-0.39, 0.29) is 5.92 Å². The molecule has 1 aliphatic carbocycles. The van der Waals surface area contributed by atoms with Crippen molar-refractivity contribution >= 4 is 22.7 Å². The lowest BCUT2D eigenvalue weighted by Crippen LogP contribution is -2.15. The van der Waals surface area contributed by atoms with Gasteiger partial charge < -0.3 is 10.3 Å². The zero-order valence-electron chi connectivity index (χ0n) is 15.2. The molecule has 6 nitrogen and oxygen atoms in total. The quantitative estimate of drug-likeness (QED) is 0.714. The van der Waals surface area contributed by atoms with Crippen molar-refractivity contribution in [2.24, 2.45) is 0 Å². The summed E-state index contributed by atoms with van der Waals surface area (Å²) in [5.74, 6) is 2.79. The summed E-state index contributed by atoms with van der Waals surface area (Å²) in [6.07, 6.45) is 8.33. The van der Waals surface area contributed by atoms with E-state index in [1.54, 1.807) is 0 Å². The fourth-order valence-electron chi connectivity index (χ4n) is 3.68. The highest BCUT2D eigenvalue weighted by molar-refractivity contribution is 5.88. The van der Waals surface area contributed by atoms with Gasteiger partial charge in [-0.2, -0.15) is 5.10 Å². The van der Waals surface area contributed by atoms with Crippen molar-refractivity contribution in [1.29, 1.82) is 0 Å². The van der Waals surface area contributed by atoms with Crippen molar-refractivity contribution < 1.29 is 0 Å². The molecule has 0 unspecified atom stereocenters. The topological polar surface area (TPSA) is 71.4 Å². The second kappa shape index (κ2) is 6.50. The number of aryl methyl sites for hydroxylation is 1. The Balaban J connectivity index is 1.66. The average Bonchev–Trinajstić information content (AvgIpc) is 3.22. The number of hydrogen-bond acceptors (Lipinski definition) is 4. The van der Waals surface area contributed by atoms with Crippen molar-refractivity contribution in [2.75, 3.05) is 5.32 Å². The van der Waals surface area contributed by atoms with Gasteiger partial charge in [0.15, 0.2) is 5.82 Å². The summed E-state index contributed by atoms with van der Waals surface area (Å²) < 4.78 is 2.19. The molecular weight excluding hydrogens is 312 g/mol. The van der Waals surface area contributed by atoms with Gasteiger partial charge in [0, 0.05) is 23.9 Å². The molecule has 0 bridgehead atoms. The molecule has 0 radical (unpaired) electrons. The van der Waals surface area contributed by atoms with Gasteiger partial charge in [0.1, 0.15) is 17.3 Å². The molecular formula is C19H26N6. The Kier molecular flexibility index (Phi) is 4.19. The summed E-state index contributed by atoms with van der Waals surface area (Å²) in [6.45, 7) is 6.35. The maximum Gasteiger partial charge on any atom is 0.153 e. The number of nitrogens with zero attached hydrogens (tertiary/aromatic N) is 4. The van der Waals surface area contributed by atoms with Gasteiger partial charge in [-0.15, -0.1) is 0 Å². The Morgan fingerprint density at radius 3 is 2.76 bits per heavy atom. The van der Waals surface area contributed by atoms with E-state index in [9.17, 15) is 0 Å². The van der Waals surface area contributed by atoms with Crippen molar-refractivity contribution in [1.82, 2.24) is 24.7 Å². The Morgan fingerprint density at radius 2 is 2.00 bits per heavy atom. The molecule has 0 amide bonds. The first-order chi connectivity index (χ1) is 12.1. The van der Waals surface area contributed by atoms with Gasteiger partial charge in [-0.05, 0) is 25.8 Å². The number of hydrogen-bond donors (Lipinski definition) is 2. The van der Waals surface area contributed by atoms with Gasteiger partial charge in [-0.3, -0.25) is 4.68 Å². The Bertz CT molecular complexity index is 869. The van der Waals surface area contributed by atoms with E-state index < -0.39 is 0 Å². The number of rotatable bonds is 4. The molecule has 2 N–H and O–H groups in total. The fraction of sp³-hybridized carbons (Fsp3) is 0.526. The Morgan fingerprint density at radius 1 is 1.20 bits per heavy atom. The second-order valence-corrected chi connectivity index (χ2v) is 7.36. The van der Waals surface area contributed by atoms with Crippen molar-refractivity contribution in [3.8, 4) is 0 Å². The minimum absolute atomic E-state index is 0.273. The lowest BCUT2D eigenvalue weighted by molar-refractivity contribution is 0.325. The van der Waals surface area contributed by atoms with Crippen LogP contribution in [-0.4, -0.2) is 24.7 Å². The van der Waals surface area contributed by atoms with Gasteiger partial charge in [0.25, 0.3) is 0 Å². The minimum Gasteiger partial charge on any atom is -0.346 e. The first-order valence-electron chi connectivity index (χ1n) is 9.30. The Labute approximate surface area is 148 Å². The molecule has 132 valence electrons. The van der Waals surface area contributed by atoms with Gasteiger partial charge in [0.2, 0.25) is 0 Å². The summed E-state index contributed by atoms with van der Waals surface area (Å²) >= 11 is 0. The normalized spacial score (nSPS) is 16.0. The van der Waals surface area contributed by atoms with Crippen LogP contribution in [0.15, 0.2) is 18.3 Å². The molecule has 4 rings (SSSR count). The Hall–Kier alpha value is -2.37.